The van der Waals surface area contributed by atoms with Gasteiger partial charge in [0.2, 0.25) is 5.91 Å². The number of nitrogens with two attached hydrogens (primary N) is 1. The van der Waals surface area contributed by atoms with Crippen molar-refractivity contribution in [2.24, 2.45) is 11.7 Å². The summed E-state index contributed by atoms with van der Waals surface area (Å²) in [5.41, 5.74) is 8.82. The lowest BCUT2D eigenvalue weighted by Crippen LogP contribution is -2.46. The van der Waals surface area contributed by atoms with Crippen LogP contribution in [0.1, 0.15) is 35.7 Å². The summed E-state index contributed by atoms with van der Waals surface area (Å²) in [6.07, 6.45) is 2.14. The van der Waals surface area contributed by atoms with Crippen molar-refractivity contribution in [3.63, 3.8) is 0 Å². The van der Waals surface area contributed by atoms with Crippen molar-refractivity contribution < 1.29 is 14.3 Å². The van der Waals surface area contributed by atoms with E-state index < -0.39 is 5.91 Å². The van der Waals surface area contributed by atoms with Crippen molar-refractivity contribution >= 4 is 11.9 Å². The number of likely N-dealkylation sites (tertiary alicyclic amines) is 1. The normalized spacial score (nSPS) is 17.3. The SMILES string of the molecule is CC1CCN(C(=O)N2CCOc3ccc(-c4ccc(C(N)=O)cc4)cc3C2)CC1. The van der Waals surface area contributed by atoms with Gasteiger partial charge in [-0.1, -0.05) is 25.1 Å². The molecule has 0 radical (unpaired) electrons. The Kier molecular flexibility index (Phi) is 5.43. The number of ether oxygens (including phenoxy) is 1. The lowest BCUT2D eigenvalue weighted by molar-refractivity contribution is 0.1000. The molecule has 29 heavy (non-hydrogen) atoms. The number of rotatable bonds is 2. The van der Waals surface area contributed by atoms with Crippen LogP contribution in [0.2, 0.25) is 0 Å². The van der Waals surface area contributed by atoms with Gasteiger partial charge >= 0.3 is 6.03 Å². The molecule has 2 aliphatic rings. The van der Waals surface area contributed by atoms with Gasteiger partial charge in [0.1, 0.15) is 12.4 Å². The molecule has 0 aliphatic carbocycles. The van der Waals surface area contributed by atoms with Crippen molar-refractivity contribution in [3.05, 3.63) is 53.6 Å². The number of carbonyl (C=O) groups excluding carboxylic acids is 2. The number of amides is 3. The molecule has 6 heteroatoms. The average molecular weight is 393 g/mol. The van der Waals surface area contributed by atoms with Crippen LogP contribution in [-0.2, 0) is 6.54 Å². The first kappa shape index (κ1) is 19.3. The standard InChI is InChI=1S/C23H27N3O3/c1-16-8-10-25(11-9-16)23(28)26-12-13-29-21-7-6-19(14-20(21)15-26)17-2-4-18(5-3-17)22(24)27/h2-7,14,16H,8-13,15H2,1H3,(H2,24,27). The predicted octanol–water partition coefficient (Wildman–Crippen LogP) is 3.50. The number of hydrogen-bond donors (Lipinski definition) is 1. The summed E-state index contributed by atoms with van der Waals surface area (Å²) in [5, 5.41) is 0. The summed E-state index contributed by atoms with van der Waals surface area (Å²) >= 11 is 0. The van der Waals surface area contributed by atoms with E-state index in [0.29, 0.717) is 31.2 Å². The molecule has 2 aliphatic heterocycles. The smallest absolute Gasteiger partial charge is 0.320 e. The first-order valence-corrected chi connectivity index (χ1v) is 10.2. The predicted molar refractivity (Wildman–Crippen MR) is 112 cm³/mol. The number of urea groups is 1. The molecule has 152 valence electrons. The van der Waals surface area contributed by atoms with Crippen LogP contribution >= 0.6 is 0 Å². The van der Waals surface area contributed by atoms with Crippen molar-refractivity contribution in [2.45, 2.75) is 26.3 Å². The van der Waals surface area contributed by atoms with Gasteiger partial charge in [-0.15, -0.1) is 0 Å². The summed E-state index contributed by atoms with van der Waals surface area (Å²) in [7, 11) is 0. The van der Waals surface area contributed by atoms with Gasteiger partial charge in [0.15, 0.2) is 0 Å². The maximum absolute atomic E-state index is 13.0. The lowest BCUT2D eigenvalue weighted by atomic mass is 9.99. The number of fused-ring (bicyclic) bond motifs is 1. The average Bonchev–Trinajstić information content (AvgIpc) is 2.95. The zero-order valence-corrected chi connectivity index (χ0v) is 16.8. The van der Waals surface area contributed by atoms with Gasteiger partial charge < -0.3 is 20.3 Å². The Morgan fingerprint density at radius 2 is 1.66 bits per heavy atom. The molecule has 1 fully saturated rings. The van der Waals surface area contributed by atoms with E-state index in [1.54, 1.807) is 12.1 Å². The van der Waals surface area contributed by atoms with Crippen LogP contribution in [0.25, 0.3) is 11.1 Å². The monoisotopic (exact) mass is 393 g/mol. The molecule has 0 bridgehead atoms. The highest BCUT2D eigenvalue weighted by Gasteiger charge is 2.27. The largest absolute Gasteiger partial charge is 0.491 e. The van der Waals surface area contributed by atoms with Gasteiger partial charge in [-0.25, -0.2) is 4.79 Å². The van der Waals surface area contributed by atoms with Gasteiger partial charge in [0, 0.05) is 24.2 Å². The minimum Gasteiger partial charge on any atom is -0.491 e. The Balaban J connectivity index is 1.54. The number of piperidine rings is 1. The molecular weight excluding hydrogens is 366 g/mol. The summed E-state index contributed by atoms with van der Waals surface area (Å²) in [6.45, 7) is 5.52. The van der Waals surface area contributed by atoms with Gasteiger partial charge in [0.05, 0.1) is 13.1 Å². The molecule has 3 amide bonds. The topological polar surface area (TPSA) is 75.9 Å². The van der Waals surface area contributed by atoms with E-state index >= 15 is 0 Å². The first-order chi connectivity index (χ1) is 14.0. The Labute approximate surface area is 171 Å². The van der Waals surface area contributed by atoms with E-state index in [1.165, 1.54) is 0 Å². The first-order valence-electron chi connectivity index (χ1n) is 10.2. The lowest BCUT2D eigenvalue weighted by Gasteiger charge is -2.34. The molecule has 1 saturated heterocycles. The Morgan fingerprint density at radius 3 is 2.34 bits per heavy atom. The second kappa shape index (κ2) is 8.15. The fraction of sp³-hybridized carbons (Fsp3) is 0.391. The molecule has 0 atom stereocenters. The van der Waals surface area contributed by atoms with Crippen LogP contribution in [0, 0.1) is 5.92 Å². The highest BCUT2D eigenvalue weighted by molar-refractivity contribution is 5.93. The van der Waals surface area contributed by atoms with E-state index in [4.69, 9.17) is 10.5 Å². The highest BCUT2D eigenvalue weighted by Crippen LogP contribution is 2.30. The number of carbonyl (C=O) groups is 2. The molecule has 2 N–H and O–H groups in total. The number of benzene rings is 2. The molecule has 2 aromatic carbocycles. The van der Waals surface area contributed by atoms with Crippen LogP contribution in [0.5, 0.6) is 5.75 Å². The van der Waals surface area contributed by atoms with E-state index in [-0.39, 0.29) is 6.03 Å². The van der Waals surface area contributed by atoms with Gasteiger partial charge in [-0.05, 0) is 54.2 Å². The number of hydrogen-bond acceptors (Lipinski definition) is 3. The molecule has 0 saturated carbocycles. The van der Waals surface area contributed by atoms with Crippen LogP contribution in [0.3, 0.4) is 0 Å². The second-order valence-corrected chi connectivity index (χ2v) is 7.99. The summed E-state index contributed by atoms with van der Waals surface area (Å²) in [6, 6.07) is 13.4. The van der Waals surface area contributed by atoms with Crippen molar-refractivity contribution in [2.75, 3.05) is 26.2 Å². The zero-order valence-electron chi connectivity index (χ0n) is 16.8. The van der Waals surface area contributed by atoms with Crippen molar-refractivity contribution in [3.8, 4) is 16.9 Å². The third-order valence-electron chi connectivity index (χ3n) is 5.87. The molecule has 2 aromatic rings. The summed E-state index contributed by atoms with van der Waals surface area (Å²) in [4.78, 5) is 28.2. The minimum absolute atomic E-state index is 0.101. The number of primary amides is 1. The third kappa shape index (κ3) is 4.21. The molecule has 6 nitrogen and oxygen atoms in total. The van der Waals surface area contributed by atoms with Crippen LogP contribution in [-0.4, -0.2) is 48.0 Å². The molecule has 0 unspecified atom stereocenters. The number of nitrogens with zero attached hydrogens (tertiary/aromatic N) is 2. The van der Waals surface area contributed by atoms with Crippen LogP contribution in [0.15, 0.2) is 42.5 Å². The summed E-state index contributed by atoms with van der Waals surface area (Å²) in [5.74, 6) is 1.08. The molecule has 4 rings (SSSR count). The van der Waals surface area contributed by atoms with E-state index in [2.05, 4.69) is 13.0 Å². The van der Waals surface area contributed by atoms with E-state index in [1.807, 2.05) is 34.1 Å². The minimum atomic E-state index is -0.437. The quantitative estimate of drug-likeness (QED) is 0.848. The highest BCUT2D eigenvalue weighted by atomic mass is 16.5. The second-order valence-electron chi connectivity index (χ2n) is 7.99. The zero-order chi connectivity index (χ0) is 20.4. The van der Waals surface area contributed by atoms with Gasteiger partial charge in [-0.2, -0.15) is 0 Å². The third-order valence-corrected chi connectivity index (χ3v) is 5.87. The fourth-order valence-corrected chi connectivity index (χ4v) is 3.96. The van der Waals surface area contributed by atoms with Crippen molar-refractivity contribution in [1.29, 1.82) is 0 Å². The van der Waals surface area contributed by atoms with Gasteiger partial charge in [-0.3, -0.25) is 4.79 Å². The Morgan fingerprint density at radius 1 is 0.966 bits per heavy atom. The maximum atomic E-state index is 13.0. The Hall–Kier alpha value is -3.02. The molecular formula is C23H27N3O3. The van der Waals surface area contributed by atoms with E-state index in [0.717, 1.165) is 48.4 Å². The maximum Gasteiger partial charge on any atom is 0.320 e. The molecule has 0 spiro atoms. The van der Waals surface area contributed by atoms with E-state index in [9.17, 15) is 9.59 Å². The van der Waals surface area contributed by atoms with Crippen molar-refractivity contribution in [1.82, 2.24) is 9.80 Å². The molecule has 2 heterocycles. The fourth-order valence-electron chi connectivity index (χ4n) is 3.96. The van der Waals surface area contributed by atoms with Crippen LogP contribution < -0.4 is 10.5 Å². The van der Waals surface area contributed by atoms with Gasteiger partial charge in [0.25, 0.3) is 0 Å². The summed E-state index contributed by atoms with van der Waals surface area (Å²) < 4.78 is 5.90. The Bertz CT molecular complexity index is 902. The molecule has 0 aromatic heterocycles. The van der Waals surface area contributed by atoms with Crippen LogP contribution in [0.4, 0.5) is 4.79 Å².